The molecule has 4 nitrogen and oxygen atoms in total. The number of carbonyl (C=O) groups is 1. The second kappa shape index (κ2) is 5.22. The number of aryl methyl sites for hydroxylation is 1. The molecule has 3 saturated carbocycles. The van der Waals surface area contributed by atoms with Crippen LogP contribution in [0.25, 0.3) is 0 Å². The van der Waals surface area contributed by atoms with Crippen LogP contribution < -0.4 is 10.6 Å². The molecule has 1 unspecified atom stereocenters. The smallest absolute Gasteiger partial charge is 0.408 e. The number of amides is 1. The molecule has 2 N–H and O–H groups in total. The summed E-state index contributed by atoms with van der Waals surface area (Å²) in [6, 6.07) is 8.83. The second-order valence-electron chi connectivity index (χ2n) is 9.03. The first kappa shape index (κ1) is 15.9. The molecule has 1 amide bonds. The van der Waals surface area contributed by atoms with E-state index >= 15 is 0 Å². The SMILES string of the molecule is CC(C)(C)OC(=O)NC12CC(NCC3CCc4ccccc43)(C1)C2. The van der Waals surface area contributed by atoms with Crippen LogP contribution in [0.3, 0.4) is 0 Å². The van der Waals surface area contributed by atoms with Gasteiger partial charge in [0.15, 0.2) is 0 Å². The van der Waals surface area contributed by atoms with E-state index in [4.69, 9.17) is 4.74 Å². The largest absolute Gasteiger partial charge is 0.444 e. The molecule has 1 aromatic carbocycles. The van der Waals surface area contributed by atoms with E-state index < -0.39 is 5.60 Å². The summed E-state index contributed by atoms with van der Waals surface area (Å²) in [5, 5.41) is 6.88. The van der Waals surface area contributed by atoms with Crippen molar-refractivity contribution >= 4 is 6.09 Å². The zero-order valence-electron chi connectivity index (χ0n) is 14.9. The van der Waals surface area contributed by atoms with Gasteiger partial charge in [0, 0.05) is 17.6 Å². The van der Waals surface area contributed by atoms with Gasteiger partial charge in [0.05, 0.1) is 0 Å². The number of ether oxygens (including phenoxy) is 1. The number of carbonyl (C=O) groups excluding carboxylic acids is 1. The third-order valence-electron chi connectivity index (χ3n) is 5.78. The molecule has 0 aliphatic heterocycles. The van der Waals surface area contributed by atoms with Crippen LogP contribution in [-0.2, 0) is 11.2 Å². The maximum Gasteiger partial charge on any atom is 0.408 e. The Morgan fingerprint density at radius 2 is 1.92 bits per heavy atom. The third kappa shape index (κ3) is 2.81. The zero-order valence-corrected chi connectivity index (χ0v) is 14.9. The van der Waals surface area contributed by atoms with E-state index in [9.17, 15) is 4.79 Å². The molecule has 0 saturated heterocycles. The van der Waals surface area contributed by atoms with Crippen LogP contribution in [0, 0.1) is 0 Å². The molecule has 0 radical (unpaired) electrons. The van der Waals surface area contributed by atoms with Crippen molar-refractivity contribution in [1.29, 1.82) is 0 Å². The summed E-state index contributed by atoms with van der Waals surface area (Å²) in [5.74, 6) is 0.644. The molecular formula is C20H28N2O2. The summed E-state index contributed by atoms with van der Waals surface area (Å²) in [6.07, 6.45) is 5.29. The van der Waals surface area contributed by atoms with Gasteiger partial charge in [-0.3, -0.25) is 0 Å². The normalized spacial score (nSPS) is 33.2. The maximum absolute atomic E-state index is 11.9. The molecule has 4 aliphatic rings. The van der Waals surface area contributed by atoms with Crippen molar-refractivity contribution in [2.24, 2.45) is 0 Å². The number of benzene rings is 1. The lowest BCUT2D eigenvalue weighted by molar-refractivity contribution is -0.104. The van der Waals surface area contributed by atoms with Crippen molar-refractivity contribution in [2.75, 3.05) is 6.54 Å². The Balaban J connectivity index is 1.25. The van der Waals surface area contributed by atoms with Gasteiger partial charge < -0.3 is 15.4 Å². The van der Waals surface area contributed by atoms with Crippen LogP contribution in [-0.4, -0.2) is 29.3 Å². The Kier molecular flexibility index (Phi) is 3.47. The molecule has 1 aromatic rings. The highest BCUT2D eigenvalue weighted by Gasteiger charge is 2.68. The molecule has 24 heavy (non-hydrogen) atoms. The first-order chi connectivity index (χ1) is 11.3. The Morgan fingerprint density at radius 3 is 2.62 bits per heavy atom. The molecule has 0 aromatic heterocycles. The molecule has 0 heterocycles. The second-order valence-corrected chi connectivity index (χ2v) is 9.03. The van der Waals surface area contributed by atoms with E-state index in [-0.39, 0.29) is 17.2 Å². The highest BCUT2D eigenvalue weighted by molar-refractivity contribution is 5.70. The lowest BCUT2D eigenvalue weighted by Crippen LogP contribution is -2.83. The minimum atomic E-state index is -0.431. The van der Waals surface area contributed by atoms with Gasteiger partial charge in [-0.05, 0) is 69.9 Å². The number of alkyl carbamates (subject to hydrolysis) is 1. The monoisotopic (exact) mass is 328 g/mol. The standard InChI is InChI=1S/C20H28N2O2/c1-18(2,3)24-17(23)22-20-11-19(12-20,13-20)21-10-15-9-8-14-6-4-5-7-16(14)15/h4-7,15,21H,8-13H2,1-3H3,(H,22,23). The van der Waals surface area contributed by atoms with Crippen LogP contribution in [0.5, 0.6) is 0 Å². The van der Waals surface area contributed by atoms with Crippen LogP contribution in [0.15, 0.2) is 24.3 Å². The van der Waals surface area contributed by atoms with Crippen molar-refractivity contribution in [3.8, 4) is 0 Å². The van der Waals surface area contributed by atoms with Crippen molar-refractivity contribution < 1.29 is 9.53 Å². The fourth-order valence-corrected chi connectivity index (χ4v) is 4.83. The number of fused-ring (bicyclic) bond motifs is 1. The summed E-state index contributed by atoms with van der Waals surface area (Å²) < 4.78 is 5.38. The Hall–Kier alpha value is -1.55. The highest BCUT2D eigenvalue weighted by Crippen LogP contribution is 2.60. The van der Waals surface area contributed by atoms with E-state index in [0.717, 1.165) is 25.8 Å². The van der Waals surface area contributed by atoms with Crippen molar-refractivity contribution in [3.63, 3.8) is 0 Å². The molecule has 3 fully saturated rings. The average molecular weight is 328 g/mol. The molecule has 2 bridgehead atoms. The average Bonchev–Trinajstić information content (AvgIpc) is 2.81. The summed E-state index contributed by atoms with van der Waals surface area (Å²) in [7, 11) is 0. The lowest BCUT2D eigenvalue weighted by atomic mass is 9.44. The minimum Gasteiger partial charge on any atom is -0.444 e. The van der Waals surface area contributed by atoms with Crippen molar-refractivity contribution in [3.05, 3.63) is 35.4 Å². The van der Waals surface area contributed by atoms with E-state index in [1.54, 1.807) is 0 Å². The predicted octanol–water partition coefficient (Wildman–Crippen LogP) is 3.51. The molecule has 1 atom stereocenters. The maximum atomic E-state index is 11.9. The molecule has 4 heteroatoms. The first-order valence-corrected chi connectivity index (χ1v) is 9.12. The van der Waals surface area contributed by atoms with E-state index in [0.29, 0.717) is 5.92 Å². The number of hydrogen-bond donors (Lipinski definition) is 2. The first-order valence-electron chi connectivity index (χ1n) is 9.12. The number of nitrogens with one attached hydrogen (secondary N) is 2. The summed E-state index contributed by atoms with van der Waals surface area (Å²) in [6.45, 7) is 6.75. The topological polar surface area (TPSA) is 50.4 Å². The summed E-state index contributed by atoms with van der Waals surface area (Å²) in [5.41, 5.74) is 2.86. The summed E-state index contributed by atoms with van der Waals surface area (Å²) in [4.78, 5) is 11.9. The molecular weight excluding hydrogens is 300 g/mol. The van der Waals surface area contributed by atoms with Gasteiger partial charge in [0.2, 0.25) is 0 Å². The quantitative estimate of drug-likeness (QED) is 0.889. The van der Waals surface area contributed by atoms with E-state index in [1.165, 1.54) is 24.0 Å². The van der Waals surface area contributed by atoms with Gasteiger partial charge >= 0.3 is 6.09 Å². The van der Waals surface area contributed by atoms with Crippen LogP contribution in [0.4, 0.5) is 4.79 Å². The zero-order chi connectivity index (χ0) is 17.0. The van der Waals surface area contributed by atoms with E-state index in [2.05, 4.69) is 34.9 Å². The Bertz CT molecular complexity index is 642. The van der Waals surface area contributed by atoms with Gasteiger partial charge in [0.1, 0.15) is 5.60 Å². The van der Waals surface area contributed by atoms with Crippen LogP contribution in [0.2, 0.25) is 0 Å². The van der Waals surface area contributed by atoms with Gasteiger partial charge in [-0.1, -0.05) is 24.3 Å². The van der Waals surface area contributed by atoms with Crippen LogP contribution in [0.1, 0.15) is 63.5 Å². The molecule has 4 aliphatic carbocycles. The fraction of sp³-hybridized carbons (Fsp3) is 0.650. The molecule has 5 rings (SSSR count). The number of hydrogen-bond acceptors (Lipinski definition) is 3. The van der Waals surface area contributed by atoms with Gasteiger partial charge in [-0.2, -0.15) is 0 Å². The van der Waals surface area contributed by atoms with Gasteiger partial charge in [0.25, 0.3) is 0 Å². The fourth-order valence-electron chi connectivity index (χ4n) is 4.83. The predicted molar refractivity (Wildman–Crippen MR) is 94.2 cm³/mol. The number of rotatable bonds is 4. The van der Waals surface area contributed by atoms with Crippen LogP contribution >= 0.6 is 0 Å². The van der Waals surface area contributed by atoms with E-state index in [1.807, 2.05) is 20.8 Å². The molecule has 130 valence electrons. The van der Waals surface area contributed by atoms with Gasteiger partial charge in [-0.15, -0.1) is 0 Å². The Morgan fingerprint density at radius 1 is 1.21 bits per heavy atom. The van der Waals surface area contributed by atoms with Crippen molar-refractivity contribution in [1.82, 2.24) is 10.6 Å². The van der Waals surface area contributed by atoms with Gasteiger partial charge in [-0.25, -0.2) is 4.79 Å². The third-order valence-corrected chi connectivity index (χ3v) is 5.78. The lowest BCUT2D eigenvalue weighted by Gasteiger charge is -2.70. The minimum absolute atomic E-state index is 0.0110. The molecule has 0 spiro atoms. The van der Waals surface area contributed by atoms with Crippen molar-refractivity contribution in [2.45, 2.75) is 75.5 Å². The highest BCUT2D eigenvalue weighted by atomic mass is 16.6. The summed E-state index contributed by atoms with van der Waals surface area (Å²) >= 11 is 0. The Labute approximate surface area is 144 Å².